The molecule has 0 radical (unpaired) electrons. The number of nitriles is 2. The third-order valence-corrected chi connectivity index (χ3v) is 10.0. The molecule has 0 aliphatic carbocycles. The van der Waals surface area contributed by atoms with Gasteiger partial charge in [0.15, 0.2) is 0 Å². The number of hydrogen-bond donors (Lipinski definition) is 0. The Balaban J connectivity index is 1.36. The maximum atomic E-state index is 14.3. The van der Waals surface area contributed by atoms with Crippen molar-refractivity contribution in [3.05, 3.63) is 167 Å². The molecule has 6 aromatic carbocycles. The van der Waals surface area contributed by atoms with Crippen LogP contribution in [0, 0.1) is 34.3 Å². The lowest BCUT2D eigenvalue weighted by atomic mass is 10.1. The highest BCUT2D eigenvalue weighted by molar-refractivity contribution is 8.01. The molecule has 0 aliphatic rings. The number of hydrogen-bond acceptors (Lipinski definition) is 10. The van der Waals surface area contributed by atoms with Crippen molar-refractivity contribution in [3.63, 3.8) is 0 Å². The number of nitrogens with zero attached hydrogens (tertiary/aromatic N) is 4. The van der Waals surface area contributed by atoms with Crippen molar-refractivity contribution >= 4 is 58.0 Å². The maximum Gasteiger partial charge on any atom is 0.326 e. The van der Waals surface area contributed by atoms with E-state index in [0.29, 0.717) is 31.9 Å². The number of carbonyl (C=O) groups is 2. The first-order valence-electron chi connectivity index (χ1n) is 16.5. The van der Waals surface area contributed by atoms with Crippen LogP contribution < -0.4 is 8.61 Å². The van der Waals surface area contributed by atoms with Crippen molar-refractivity contribution in [1.82, 2.24) is 0 Å². The van der Waals surface area contributed by atoms with Crippen molar-refractivity contribution in [3.8, 4) is 12.1 Å². The molecule has 6 rings (SSSR count). The molecular weight excluding hydrogens is 727 g/mol. The predicted molar refractivity (Wildman–Crippen MR) is 205 cm³/mol. The van der Waals surface area contributed by atoms with Gasteiger partial charge in [0.25, 0.3) is 0 Å². The number of halogens is 2. The highest BCUT2D eigenvalue weighted by Crippen LogP contribution is 2.41. The smallest absolute Gasteiger partial charge is 0.326 e. The Bertz CT molecular complexity index is 2200. The Labute approximate surface area is 319 Å². The highest BCUT2D eigenvalue weighted by Gasteiger charge is 2.23. The van der Waals surface area contributed by atoms with E-state index in [2.05, 4.69) is 0 Å². The summed E-state index contributed by atoms with van der Waals surface area (Å²) in [6.45, 7) is -0.291. The van der Waals surface area contributed by atoms with Crippen LogP contribution in [-0.4, -0.2) is 25.0 Å². The highest BCUT2D eigenvalue weighted by atomic mass is 32.2. The van der Waals surface area contributed by atoms with E-state index in [1.807, 2.05) is 97.1 Å². The first-order chi connectivity index (χ1) is 26.3. The van der Waals surface area contributed by atoms with Crippen LogP contribution in [0.5, 0.6) is 0 Å². The number of esters is 2. The van der Waals surface area contributed by atoms with E-state index in [1.54, 1.807) is 20.7 Å². The van der Waals surface area contributed by atoms with E-state index < -0.39 is 23.6 Å². The zero-order chi connectivity index (χ0) is 37.9. The Kier molecular flexibility index (Phi) is 12.4. The van der Waals surface area contributed by atoms with Crippen molar-refractivity contribution in [2.75, 3.05) is 21.7 Å². The molecule has 0 bridgehead atoms. The van der Waals surface area contributed by atoms with Gasteiger partial charge in [-0.25, -0.2) is 8.78 Å². The van der Waals surface area contributed by atoms with Gasteiger partial charge in [-0.3, -0.25) is 9.59 Å². The molecule has 0 amide bonds. The molecule has 0 fully saturated rings. The molecule has 6 aromatic rings. The molecule has 0 aromatic heterocycles. The minimum atomic E-state index is -0.659. The summed E-state index contributed by atoms with van der Waals surface area (Å²) in [6, 6.07) is 41.5. The minimum Gasteiger partial charge on any atom is -0.459 e. The summed E-state index contributed by atoms with van der Waals surface area (Å²) >= 11 is 2.28. The van der Waals surface area contributed by atoms with Crippen LogP contribution in [0.2, 0.25) is 0 Å². The van der Waals surface area contributed by atoms with Gasteiger partial charge in [-0.15, -0.1) is 0 Å². The lowest BCUT2D eigenvalue weighted by Crippen LogP contribution is -2.27. The van der Waals surface area contributed by atoms with Crippen molar-refractivity contribution < 1.29 is 27.8 Å². The zero-order valence-electron chi connectivity index (χ0n) is 28.5. The standard InChI is InChI=1S/C42H30F2N4O4S2/c43-37-17-15-33(21-31(37)23-45)53-47(25-41(49)51-27-29-9-3-1-4-10-29)39-19-20-40(36-14-8-7-13-35(36)39)48(54-34-16-18-38(44)32(22-34)24-46)26-42(50)52-28-30-11-5-2-6-12-30/h1-22H,25-28H2. The molecule has 12 heteroatoms. The number of carbonyl (C=O) groups excluding carboxylic acids is 2. The molecule has 54 heavy (non-hydrogen) atoms. The first kappa shape index (κ1) is 37.4. The quantitative estimate of drug-likeness (QED) is 0.0789. The van der Waals surface area contributed by atoms with E-state index in [0.717, 1.165) is 35.0 Å². The van der Waals surface area contributed by atoms with Crippen LogP contribution in [0.15, 0.2) is 143 Å². The summed E-state index contributed by atoms with van der Waals surface area (Å²) in [4.78, 5) is 27.7. The molecular formula is C42H30F2N4O4S2. The Morgan fingerprint density at radius 1 is 0.556 bits per heavy atom. The molecule has 0 saturated carbocycles. The van der Waals surface area contributed by atoms with E-state index in [-0.39, 0.29) is 37.4 Å². The number of ether oxygens (including phenoxy) is 2. The van der Waals surface area contributed by atoms with Gasteiger partial charge in [0.2, 0.25) is 0 Å². The van der Waals surface area contributed by atoms with Gasteiger partial charge in [-0.1, -0.05) is 84.9 Å². The fourth-order valence-corrected chi connectivity index (χ4v) is 7.35. The second-order valence-corrected chi connectivity index (χ2v) is 13.9. The summed E-state index contributed by atoms with van der Waals surface area (Å²) in [5.41, 5.74) is 2.56. The molecule has 268 valence electrons. The number of fused-ring (bicyclic) bond motifs is 1. The van der Waals surface area contributed by atoms with E-state index in [1.165, 1.54) is 36.4 Å². The van der Waals surface area contributed by atoms with E-state index in [9.17, 15) is 28.9 Å². The average molecular weight is 757 g/mol. The number of benzene rings is 6. The van der Waals surface area contributed by atoms with Gasteiger partial charge >= 0.3 is 11.9 Å². The minimum absolute atomic E-state index is 0.0659. The van der Waals surface area contributed by atoms with Gasteiger partial charge in [0.1, 0.15) is 50.1 Å². The fourth-order valence-electron chi connectivity index (χ4n) is 5.39. The summed E-state index contributed by atoms with van der Waals surface area (Å²) in [5, 5.41) is 20.4. The van der Waals surface area contributed by atoms with Gasteiger partial charge in [-0.2, -0.15) is 10.5 Å². The van der Waals surface area contributed by atoms with Crippen molar-refractivity contribution in [1.29, 1.82) is 10.5 Å². The molecule has 0 unspecified atom stereocenters. The van der Waals surface area contributed by atoms with Crippen molar-refractivity contribution in [2.45, 2.75) is 23.0 Å². The average Bonchev–Trinajstić information content (AvgIpc) is 3.20. The molecule has 8 nitrogen and oxygen atoms in total. The zero-order valence-corrected chi connectivity index (χ0v) is 30.2. The normalized spacial score (nSPS) is 10.6. The van der Waals surface area contributed by atoms with Crippen LogP contribution in [-0.2, 0) is 32.3 Å². The number of anilines is 2. The summed E-state index contributed by atoms with van der Waals surface area (Å²) in [7, 11) is 0. The van der Waals surface area contributed by atoms with E-state index in [4.69, 9.17) is 9.47 Å². The molecule has 0 aliphatic heterocycles. The summed E-state index contributed by atoms with van der Waals surface area (Å²) in [5.74, 6) is -2.36. The van der Waals surface area contributed by atoms with Crippen LogP contribution in [0.1, 0.15) is 22.3 Å². The summed E-state index contributed by atoms with van der Waals surface area (Å²) < 4.78 is 43.2. The van der Waals surface area contributed by atoms with Crippen LogP contribution in [0.25, 0.3) is 10.8 Å². The topological polar surface area (TPSA) is 107 Å². The molecule has 0 N–H and O–H groups in total. The lowest BCUT2D eigenvalue weighted by molar-refractivity contribution is -0.143. The summed E-state index contributed by atoms with van der Waals surface area (Å²) in [6.07, 6.45) is 0. The third-order valence-electron chi connectivity index (χ3n) is 7.99. The molecule has 0 saturated heterocycles. The Hall–Kier alpha value is -6.34. The Morgan fingerprint density at radius 3 is 1.33 bits per heavy atom. The molecule has 0 atom stereocenters. The van der Waals surface area contributed by atoms with Gasteiger partial charge in [0.05, 0.1) is 22.5 Å². The maximum absolute atomic E-state index is 14.3. The van der Waals surface area contributed by atoms with E-state index >= 15 is 0 Å². The second kappa shape index (κ2) is 17.9. The Morgan fingerprint density at radius 2 is 0.944 bits per heavy atom. The van der Waals surface area contributed by atoms with Crippen LogP contribution in [0.4, 0.5) is 20.2 Å². The predicted octanol–water partition coefficient (Wildman–Crippen LogP) is 9.38. The van der Waals surface area contributed by atoms with Crippen LogP contribution in [0.3, 0.4) is 0 Å². The largest absolute Gasteiger partial charge is 0.459 e. The second-order valence-electron chi connectivity index (χ2n) is 11.7. The van der Waals surface area contributed by atoms with Crippen molar-refractivity contribution in [2.24, 2.45) is 0 Å². The SMILES string of the molecule is N#Cc1cc(SN(CC(=O)OCc2ccccc2)c2ccc(N(CC(=O)OCc3ccccc3)Sc3ccc(F)c(C#N)c3)c3ccccc23)ccc1F. The fraction of sp³-hybridized carbons (Fsp3) is 0.0952. The third kappa shape index (κ3) is 9.55. The molecule has 0 spiro atoms. The van der Waals surface area contributed by atoms with Gasteiger partial charge < -0.3 is 18.1 Å². The molecule has 0 heterocycles. The van der Waals surface area contributed by atoms with Gasteiger partial charge in [-0.05, 0) is 83.6 Å². The van der Waals surface area contributed by atoms with Gasteiger partial charge in [0, 0.05) is 20.6 Å². The van der Waals surface area contributed by atoms with Crippen LogP contribution >= 0.6 is 23.9 Å². The lowest BCUT2D eigenvalue weighted by Gasteiger charge is -2.28. The number of rotatable bonds is 14. The first-order valence-corrected chi connectivity index (χ1v) is 18.1. The monoisotopic (exact) mass is 756 g/mol.